The maximum Gasteiger partial charge on any atom is 0.337 e. The number of H-pyrrole nitrogens is 1. The first-order valence-corrected chi connectivity index (χ1v) is 8.33. The van der Waals surface area contributed by atoms with Crippen LogP contribution in [0.5, 0.6) is 0 Å². The third kappa shape index (κ3) is 2.96. The summed E-state index contributed by atoms with van der Waals surface area (Å²) in [5.74, 6) is -0.451. The Labute approximate surface area is 154 Å². The van der Waals surface area contributed by atoms with Crippen molar-refractivity contribution in [1.29, 1.82) is 5.26 Å². The molecule has 0 saturated carbocycles. The predicted octanol–water partition coefficient (Wildman–Crippen LogP) is 3.19. The van der Waals surface area contributed by atoms with Crippen molar-refractivity contribution in [3.8, 4) is 6.07 Å². The molecule has 0 atom stereocenters. The number of aromatic amines is 1. The van der Waals surface area contributed by atoms with Gasteiger partial charge in [0, 0.05) is 0 Å². The molecule has 0 unspecified atom stereocenters. The topological polar surface area (TPSA) is 87.9 Å². The van der Waals surface area contributed by atoms with Crippen LogP contribution in [0.25, 0.3) is 21.8 Å². The molecule has 4 rings (SSSR count). The van der Waals surface area contributed by atoms with E-state index in [4.69, 9.17) is 10.00 Å². The van der Waals surface area contributed by atoms with Crippen molar-refractivity contribution in [3.63, 3.8) is 0 Å². The van der Waals surface area contributed by atoms with Crippen LogP contribution in [0.3, 0.4) is 0 Å². The first-order chi connectivity index (χ1) is 13.1. The fourth-order valence-corrected chi connectivity index (χ4v) is 3.21. The molecule has 0 bridgehead atoms. The van der Waals surface area contributed by atoms with Gasteiger partial charge in [-0.15, -0.1) is 0 Å². The summed E-state index contributed by atoms with van der Waals surface area (Å²) in [6.07, 6.45) is 0. The summed E-state index contributed by atoms with van der Waals surface area (Å²) in [6, 6.07) is 18.5. The summed E-state index contributed by atoms with van der Waals surface area (Å²) in [5, 5.41) is 11.1. The lowest BCUT2D eigenvalue weighted by Gasteiger charge is -2.06. The number of hydrogen-bond acceptors (Lipinski definition) is 4. The second kappa shape index (κ2) is 6.46. The van der Waals surface area contributed by atoms with Crippen molar-refractivity contribution in [3.05, 3.63) is 81.8 Å². The van der Waals surface area contributed by atoms with E-state index >= 15 is 0 Å². The Hall–Kier alpha value is -3.85. The number of hydrogen-bond donors (Lipinski definition) is 1. The van der Waals surface area contributed by atoms with Crippen LogP contribution in [-0.4, -0.2) is 22.6 Å². The van der Waals surface area contributed by atoms with E-state index in [2.05, 4.69) is 11.1 Å². The first-order valence-electron chi connectivity index (χ1n) is 8.33. The van der Waals surface area contributed by atoms with Crippen molar-refractivity contribution in [2.24, 2.45) is 0 Å². The number of esters is 1. The Bertz CT molecular complexity index is 1290. The molecule has 0 radical (unpaired) electrons. The molecule has 1 N–H and O–H groups in total. The van der Waals surface area contributed by atoms with Crippen LogP contribution in [0.2, 0.25) is 0 Å². The van der Waals surface area contributed by atoms with Crippen molar-refractivity contribution >= 4 is 27.8 Å². The van der Waals surface area contributed by atoms with Crippen LogP contribution >= 0.6 is 0 Å². The SMILES string of the molecule is COC(=O)c1ccc2c(c1)[nH]c(=O)n2Cc1ccc2ccc(C#N)cc2c1. The van der Waals surface area contributed by atoms with Gasteiger partial charge in [0.2, 0.25) is 0 Å². The molecule has 6 heteroatoms. The summed E-state index contributed by atoms with van der Waals surface area (Å²) in [7, 11) is 1.32. The second-order valence-corrected chi connectivity index (χ2v) is 6.25. The van der Waals surface area contributed by atoms with Gasteiger partial charge in [0.25, 0.3) is 0 Å². The number of carbonyl (C=O) groups excluding carboxylic acids is 1. The van der Waals surface area contributed by atoms with Crippen LogP contribution < -0.4 is 5.69 Å². The number of methoxy groups -OCH3 is 1. The number of benzene rings is 3. The number of ether oxygens (including phenoxy) is 1. The highest BCUT2D eigenvalue weighted by Crippen LogP contribution is 2.20. The van der Waals surface area contributed by atoms with E-state index in [1.165, 1.54) is 7.11 Å². The van der Waals surface area contributed by atoms with Crippen LogP contribution in [-0.2, 0) is 11.3 Å². The fraction of sp³-hybridized carbons (Fsp3) is 0.0952. The Morgan fingerprint density at radius 3 is 2.70 bits per heavy atom. The average Bonchev–Trinajstić information content (AvgIpc) is 3.01. The summed E-state index contributed by atoms with van der Waals surface area (Å²) in [4.78, 5) is 26.9. The molecule has 0 spiro atoms. The minimum absolute atomic E-state index is 0.252. The number of imidazole rings is 1. The number of aromatic nitrogens is 2. The number of rotatable bonds is 3. The summed E-state index contributed by atoms with van der Waals surface area (Å²) in [5.41, 5.74) is 2.96. The minimum Gasteiger partial charge on any atom is -0.465 e. The molecule has 0 aliphatic rings. The number of fused-ring (bicyclic) bond motifs is 2. The molecule has 4 aromatic rings. The normalized spacial score (nSPS) is 10.8. The van der Waals surface area contributed by atoms with Gasteiger partial charge in [0.05, 0.1) is 41.9 Å². The van der Waals surface area contributed by atoms with Gasteiger partial charge >= 0.3 is 11.7 Å². The molecule has 3 aromatic carbocycles. The van der Waals surface area contributed by atoms with Crippen LogP contribution in [0.15, 0.2) is 59.4 Å². The number of carbonyl (C=O) groups is 1. The zero-order valence-corrected chi connectivity index (χ0v) is 14.5. The molecule has 1 aromatic heterocycles. The molecule has 0 aliphatic heterocycles. The lowest BCUT2D eigenvalue weighted by atomic mass is 10.0. The van der Waals surface area contributed by atoms with Crippen LogP contribution in [0, 0.1) is 11.3 Å². The van der Waals surface area contributed by atoms with E-state index < -0.39 is 5.97 Å². The van der Waals surface area contributed by atoms with E-state index in [0.717, 1.165) is 16.3 Å². The zero-order chi connectivity index (χ0) is 19.0. The minimum atomic E-state index is -0.451. The van der Waals surface area contributed by atoms with Crippen LogP contribution in [0.1, 0.15) is 21.5 Å². The van der Waals surface area contributed by atoms with Crippen LogP contribution in [0.4, 0.5) is 0 Å². The molecule has 6 nitrogen and oxygen atoms in total. The Morgan fingerprint density at radius 2 is 1.93 bits per heavy atom. The highest BCUT2D eigenvalue weighted by molar-refractivity contribution is 5.93. The van der Waals surface area contributed by atoms with Crippen molar-refractivity contribution in [1.82, 2.24) is 9.55 Å². The van der Waals surface area contributed by atoms with Crippen molar-refractivity contribution < 1.29 is 9.53 Å². The predicted molar refractivity (Wildman–Crippen MR) is 102 cm³/mol. The standard InChI is InChI=1S/C21H15N3O3/c1-27-20(25)16-6-7-19-18(10-16)23-21(26)24(19)12-14-3-5-15-4-2-13(11-22)8-17(15)9-14/h2-10H,12H2,1H3,(H,23,26). The fourth-order valence-electron chi connectivity index (χ4n) is 3.21. The van der Waals surface area contributed by atoms with E-state index in [9.17, 15) is 9.59 Å². The van der Waals surface area contributed by atoms with Gasteiger partial charge < -0.3 is 9.72 Å². The second-order valence-electron chi connectivity index (χ2n) is 6.25. The Morgan fingerprint density at radius 1 is 1.11 bits per heavy atom. The third-order valence-electron chi connectivity index (χ3n) is 4.57. The van der Waals surface area contributed by atoms with E-state index in [1.807, 2.05) is 30.3 Å². The molecule has 0 aliphatic carbocycles. The maximum absolute atomic E-state index is 12.4. The van der Waals surface area contributed by atoms with Gasteiger partial charge in [-0.3, -0.25) is 4.57 Å². The van der Waals surface area contributed by atoms with Crippen molar-refractivity contribution in [2.45, 2.75) is 6.54 Å². The largest absolute Gasteiger partial charge is 0.465 e. The number of nitriles is 1. The quantitative estimate of drug-likeness (QED) is 0.570. The molecule has 1 heterocycles. The van der Waals surface area contributed by atoms with E-state index in [1.54, 1.807) is 28.8 Å². The Balaban J connectivity index is 1.76. The van der Waals surface area contributed by atoms with Gasteiger partial charge in [-0.05, 0) is 52.7 Å². The highest BCUT2D eigenvalue weighted by atomic mass is 16.5. The van der Waals surface area contributed by atoms with Gasteiger partial charge in [0.15, 0.2) is 0 Å². The molecule has 0 amide bonds. The summed E-state index contributed by atoms with van der Waals surface area (Å²) in [6.45, 7) is 0.378. The monoisotopic (exact) mass is 357 g/mol. The molecule has 0 fully saturated rings. The zero-order valence-electron chi connectivity index (χ0n) is 14.5. The molecular formula is C21H15N3O3. The third-order valence-corrected chi connectivity index (χ3v) is 4.57. The van der Waals surface area contributed by atoms with Gasteiger partial charge in [-0.1, -0.05) is 18.2 Å². The van der Waals surface area contributed by atoms with Crippen molar-refractivity contribution in [2.75, 3.05) is 7.11 Å². The maximum atomic E-state index is 12.4. The smallest absolute Gasteiger partial charge is 0.337 e. The number of nitrogens with zero attached hydrogens (tertiary/aromatic N) is 2. The van der Waals surface area contributed by atoms with E-state index in [0.29, 0.717) is 28.7 Å². The number of nitrogens with one attached hydrogen (secondary N) is 1. The first kappa shape index (κ1) is 16.6. The molecule has 132 valence electrons. The summed E-state index contributed by atoms with van der Waals surface area (Å²) < 4.78 is 6.33. The molecular weight excluding hydrogens is 342 g/mol. The van der Waals surface area contributed by atoms with Gasteiger partial charge in [0.1, 0.15) is 0 Å². The lowest BCUT2D eigenvalue weighted by molar-refractivity contribution is 0.0601. The molecule has 0 saturated heterocycles. The molecule has 27 heavy (non-hydrogen) atoms. The highest BCUT2D eigenvalue weighted by Gasteiger charge is 2.12. The lowest BCUT2D eigenvalue weighted by Crippen LogP contribution is -2.17. The average molecular weight is 357 g/mol. The van der Waals surface area contributed by atoms with E-state index in [-0.39, 0.29) is 5.69 Å². The van der Waals surface area contributed by atoms with Gasteiger partial charge in [-0.2, -0.15) is 5.26 Å². The Kier molecular flexibility index (Phi) is 3.98. The van der Waals surface area contributed by atoms with Gasteiger partial charge in [-0.25, -0.2) is 9.59 Å². The summed E-state index contributed by atoms with van der Waals surface area (Å²) >= 11 is 0.